The topological polar surface area (TPSA) is 35.5 Å². The van der Waals surface area contributed by atoms with Crippen LogP contribution in [0.15, 0.2) is 23.6 Å². The van der Waals surface area contributed by atoms with Gasteiger partial charge in [0.2, 0.25) is 0 Å². The molecule has 0 aliphatic heterocycles. The summed E-state index contributed by atoms with van der Waals surface area (Å²) in [4.78, 5) is 11.4. The summed E-state index contributed by atoms with van der Waals surface area (Å²) in [6.07, 6.45) is 1.04. The van der Waals surface area contributed by atoms with Crippen LogP contribution in [-0.4, -0.2) is 19.7 Å². The fraction of sp³-hybridized carbons (Fsp3) is 0.357. The standard InChI is InChI=1S/C14H16O3S/c1-3-17-13(15)7-5-10-4-6-12-11(8-9-18-12)14(10)16-2/h4,6,8-9H,3,5,7H2,1-2H3. The number of rotatable bonds is 5. The van der Waals surface area contributed by atoms with E-state index in [9.17, 15) is 4.79 Å². The van der Waals surface area contributed by atoms with Gasteiger partial charge in [-0.25, -0.2) is 0 Å². The molecule has 0 saturated heterocycles. The van der Waals surface area contributed by atoms with Gasteiger partial charge in [0.15, 0.2) is 0 Å². The van der Waals surface area contributed by atoms with Crippen LogP contribution in [0, 0.1) is 0 Å². The van der Waals surface area contributed by atoms with Crippen LogP contribution in [0.3, 0.4) is 0 Å². The van der Waals surface area contributed by atoms with Gasteiger partial charge in [0.05, 0.1) is 13.7 Å². The summed E-state index contributed by atoms with van der Waals surface area (Å²) in [6, 6.07) is 6.15. The van der Waals surface area contributed by atoms with Gasteiger partial charge in [0.25, 0.3) is 0 Å². The lowest BCUT2D eigenvalue weighted by molar-refractivity contribution is -0.143. The normalized spacial score (nSPS) is 10.6. The number of hydrogen-bond acceptors (Lipinski definition) is 4. The zero-order valence-corrected chi connectivity index (χ0v) is 11.4. The van der Waals surface area contributed by atoms with E-state index in [1.807, 2.05) is 24.4 Å². The Bertz CT molecular complexity index is 545. The molecule has 2 aromatic rings. The van der Waals surface area contributed by atoms with Crippen molar-refractivity contribution in [3.63, 3.8) is 0 Å². The van der Waals surface area contributed by atoms with Crippen LogP contribution in [-0.2, 0) is 16.0 Å². The highest BCUT2D eigenvalue weighted by Gasteiger charge is 2.11. The first-order valence-electron chi connectivity index (χ1n) is 5.95. The largest absolute Gasteiger partial charge is 0.496 e. The molecule has 0 bridgehead atoms. The van der Waals surface area contributed by atoms with E-state index in [1.54, 1.807) is 18.4 Å². The van der Waals surface area contributed by atoms with Gasteiger partial charge >= 0.3 is 5.97 Å². The first kappa shape index (κ1) is 12.9. The zero-order chi connectivity index (χ0) is 13.0. The molecule has 0 atom stereocenters. The molecule has 2 rings (SSSR count). The number of benzene rings is 1. The molecule has 0 saturated carbocycles. The second-order valence-electron chi connectivity index (χ2n) is 3.90. The summed E-state index contributed by atoms with van der Waals surface area (Å²) < 4.78 is 11.6. The highest BCUT2D eigenvalue weighted by atomic mass is 32.1. The van der Waals surface area contributed by atoms with Crippen LogP contribution < -0.4 is 4.74 Å². The van der Waals surface area contributed by atoms with Gasteiger partial charge in [0, 0.05) is 16.5 Å². The molecular formula is C14H16O3S. The third kappa shape index (κ3) is 2.64. The molecular weight excluding hydrogens is 248 g/mol. The van der Waals surface area contributed by atoms with Crippen LogP contribution in [0.4, 0.5) is 0 Å². The maximum Gasteiger partial charge on any atom is 0.306 e. The molecule has 1 aromatic heterocycles. The van der Waals surface area contributed by atoms with Gasteiger partial charge in [-0.3, -0.25) is 4.79 Å². The molecule has 96 valence electrons. The first-order valence-corrected chi connectivity index (χ1v) is 6.83. The minimum absolute atomic E-state index is 0.162. The lowest BCUT2D eigenvalue weighted by Crippen LogP contribution is -2.05. The molecule has 4 heteroatoms. The van der Waals surface area contributed by atoms with Gasteiger partial charge in [-0.2, -0.15) is 0 Å². The number of fused-ring (bicyclic) bond motifs is 1. The third-order valence-corrected chi connectivity index (χ3v) is 3.66. The number of esters is 1. The maximum atomic E-state index is 11.4. The van der Waals surface area contributed by atoms with Crippen molar-refractivity contribution in [1.29, 1.82) is 0 Å². The molecule has 0 aliphatic carbocycles. The number of aryl methyl sites for hydroxylation is 1. The Morgan fingerprint density at radius 2 is 2.17 bits per heavy atom. The molecule has 3 nitrogen and oxygen atoms in total. The highest BCUT2D eigenvalue weighted by molar-refractivity contribution is 7.17. The summed E-state index contributed by atoms with van der Waals surface area (Å²) in [5, 5.41) is 3.16. The van der Waals surface area contributed by atoms with Gasteiger partial charge in [-0.1, -0.05) is 6.07 Å². The summed E-state index contributed by atoms with van der Waals surface area (Å²) in [6.45, 7) is 2.25. The third-order valence-electron chi connectivity index (χ3n) is 2.78. The molecule has 1 aromatic carbocycles. The number of methoxy groups -OCH3 is 1. The summed E-state index contributed by atoms with van der Waals surface area (Å²) >= 11 is 1.69. The van der Waals surface area contributed by atoms with E-state index in [2.05, 4.69) is 6.07 Å². The average molecular weight is 264 g/mol. The summed E-state index contributed by atoms with van der Waals surface area (Å²) in [5.74, 6) is 0.711. The predicted octanol–water partition coefficient (Wildman–Crippen LogP) is 3.41. The number of hydrogen-bond donors (Lipinski definition) is 0. The van der Waals surface area contributed by atoms with E-state index in [1.165, 1.54) is 4.70 Å². The average Bonchev–Trinajstić information content (AvgIpc) is 2.84. The van der Waals surface area contributed by atoms with Crippen LogP contribution in [0.25, 0.3) is 10.1 Å². The van der Waals surface area contributed by atoms with Crippen molar-refractivity contribution in [3.05, 3.63) is 29.1 Å². The lowest BCUT2D eigenvalue weighted by atomic mass is 10.1. The molecule has 0 aliphatic rings. The van der Waals surface area contributed by atoms with E-state index < -0.39 is 0 Å². The minimum Gasteiger partial charge on any atom is -0.496 e. The van der Waals surface area contributed by atoms with Gasteiger partial charge in [-0.15, -0.1) is 11.3 Å². The quantitative estimate of drug-likeness (QED) is 0.776. The summed E-state index contributed by atoms with van der Waals surface area (Å²) in [5.41, 5.74) is 1.05. The van der Waals surface area contributed by atoms with E-state index in [0.29, 0.717) is 19.4 Å². The Morgan fingerprint density at radius 1 is 1.33 bits per heavy atom. The Balaban J connectivity index is 2.19. The fourth-order valence-electron chi connectivity index (χ4n) is 1.97. The fourth-order valence-corrected chi connectivity index (χ4v) is 2.76. The lowest BCUT2D eigenvalue weighted by Gasteiger charge is -2.09. The number of carbonyl (C=O) groups excluding carboxylic acids is 1. The smallest absolute Gasteiger partial charge is 0.306 e. The van der Waals surface area contributed by atoms with Gasteiger partial charge in [-0.05, 0) is 36.4 Å². The maximum absolute atomic E-state index is 11.4. The van der Waals surface area contributed by atoms with Crippen LogP contribution in [0.1, 0.15) is 18.9 Å². The molecule has 18 heavy (non-hydrogen) atoms. The Morgan fingerprint density at radius 3 is 2.89 bits per heavy atom. The van der Waals surface area contributed by atoms with E-state index in [-0.39, 0.29) is 5.97 Å². The Labute approximate surface area is 110 Å². The monoisotopic (exact) mass is 264 g/mol. The minimum atomic E-state index is -0.162. The molecule has 0 unspecified atom stereocenters. The molecule has 0 radical (unpaired) electrons. The van der Waals surface area contributed by atoms with Crippen LogP contribution in [0.5, 0.6) is 5.75 Å². The number of thiophene rings is 1. The second kappa shape index (κ2) is 5.87. The zero-order valence-electron chi connectivity index (χ0n) is 10.6. The molecule has 0 amide bonds. The van der Waals surface area contributed by atoms with E-state index in [0.717, 1.165) is 16.7 Å². The SMILES string of the molecule is CCOC(=O)CCc1ccc2sccc2c1OC. The first-order chi connectivity index (χ1) is 8.76. The molecule has 0 fully saturated rings. The molecule has 1 heterocycles. The second-order valence-corrected chi connectivity index (χ2v) is 4.84. The Kier molecular flexibility index (Phi) is 4.20. The van der Waals surface area contributed by atoms with Crippen molar-refractivity contribution >= 4 is 27.4 Å². The Hall–Kier alpha value is -1.55. The molecule has 0 N–H and O–H groups in total. The molecule has 0 spiro atoms. The van der Waals surface area contributed by atoms with E-state index >= 15 is 0 Å². The number of ether oxygens (including phenoxy) is 2. The van der Waals surface area contributed by atoms with Gasteiger partial charge in [0.1, 0.15) is 5.75 Å². The van der Waals surface area contributed by atoms with Crippen molar-refractivity contribution in [2.24, 2.45) is 0 Å². The van der Waals surface area contributed by atoms with Gasteiger partial charge < -0.3 is 9.47 Å². The van der Waals surface area contributed by atoms with Crippen molar-refractivity contribution in [2.75, 3.05) is 13.7 Å². The van der Waals surface area contributed by atoms with Crippen molar-refractivity contribution < 1.29 is 14.3 Å². The van der Waals surface area contributed by atoms with Crippen LogP contribution >= 0.6 is 11.3 Å². The highest BCUT2D eigenvalue weighted by Crippen LogP contribution is 2.33. The number of carbonyl (C=O) groups is 1. The van der Waals surface area contributed by atoms with Crippen molar-refractivity contribution in [2.45, 2.75) is 19.8 Å². The predicted molar refractivity (Wildman–Crippen MR) is 73.3 cm³/mol. The van der Waals surface area contributed by atoms with Crippen molar-refractivity contribution in [1.82, 2.24) is 0 Å². The summed E-state index contributed by atoms with van der Waals surface area (Å²) in [7, 11) is 1.67. The van der Waals surface area contributed by atoms with Crippen LogP contribution in [0.2, 0.25) is 0 Å². The van der Waals surface area contributed by atoms with E-state index in [4.69, 9.17) is 9.47 Å². The van der Waals surface area contributed by atoms with Crippen molar-refractivity contribution in [3.8, 4) is 5.75 Å².